The lowest BCUT2D eigenvalue weighted by Gasteiger charge is -1.99. The van der Waals surface area contributed by atoms with Crippen LogP contribution in [0.25, 0.3) is 0 Å². The van der Waals surface area contributed by atoms with Crippen molar-refractivity contribution in [3.05, 3.63) is 65.5 Å². The molecular weight excluding hydrogens is 220 g/mol. The van der Waals surface area contributed by atoms with Gasteiger partial charge in [0.1, 0.15) is 0 Å². The van der Waals surface area contributed by atoms with Gasteiger partial charge in [-0.3, -0.25) is 4.98 Å². The second-order valence-electron chi connectivity index (χ2n) is 4.08. The molecular formula is C16H16N2. The first-order valence-corrected chi connectivity index (χ1v) is 6.09. The molecule has 0 spiro atoms. The van der Waals surface area contributed by atoms with Crippen LogP contribution in [0.15, 0.2) is 48.8 Å². The number of hydrogen-bond acceptors (Lipinski definition) is 2. The van der Waals surface area contributed by atoms with Crippen molar-refractivity contribution in [2.24, 2.45) is 5.73 Å². The van der Waals surface area contributed by atoms with Crippen molar-refractivity contribution in [3.8, 4) is 11.8 Å². The highest BCUT2D eigenvalue weighted by atomic mass is 14.6. The van der Waals surface area contributed by atoms with Gasteiger partial charge >= 0.3 is 0 Å². The van der Waals surface area contributed by atoms with E-state index in [0.29, 0.717) is 0 Å². The fourth-order valence-corrected chi connectivity index (χ4v) is 1.69. The maximum absolute atomic E-state index is 5.51. The van der Waals surface area contributed by atoms with Gasteiger partial charge in [0.15, 0.2) is 0 Å². The van der Waals surface area contributed by atoms with E-state index >= 15 is 0 Å². The van der Waals surface area contributed by atoms with Crippen LogP contribution in [-0.4, -0.2) is 11.5 Å². The van der Waals surface area contributed by atoms with Crippen LogP contribution in [0.5, 0.6) is 0 Å². The standard InChI is InChI=1S/C16H16N2/c17-10-2-6-14-4-1-5-15(12-14)8-9-16-7-3-11-18-13-16/h1,3-5,7,11-13H,2,6,10,17H2. The Morgan fingerprint density at radius 1 is 1.06 bits per heavy atom. The molecule has 0 amide bonds. The highest BCUT2D eigenvalue weighted by Crippen LogP contribution is 2.06. The zero-order chi connectivity index (χ0) is 12.6. The Kier molecular flexibility index (Phi) is 4.52. The van der Waals surface area contributed by atoms with Crippen molar-refractivity contribution in [1.82, 2.24) is 4.98 Å². The molecule has 1 aromatic heterocycles. The van der Waals surface area contributed by atoms with E-state index in [-0.39, 0.29) is 0 Å². The van der Waals surface area contributed by atoms with Gasteiger partial charge in [-0.25, -0.2) is 0 Å². The van der Waals surface area contributed by atoms with Crippen LogP contribution in [0.1, 0.15) is 23.1 Å². The van der Waals surface area contributed by atoms with Crippen LogP contribution in [0, 0.1) is 11.8 Å². The first kappa shape index (κ1) is 12.3. The minimum absolute atomic E-state index is 0.728. The third-order valence-corrected chi connectivity index (χ3v) is 2.61. The second-order valence-corrected chi connectivity index (χ2v) is 4.08. The number of pyridine rings is 1. The minimum atomic E-state index is 0.728. The van der Waals surface area contributed by atoms with Crippen LogP contribution < -0.4 is 5.73 Å². The lowest BCUT2D eigenvalue weighted by atomic mass is 10.1. The van der Waals surface area contributed by atoms with Gasteiger partial charge in [0.2, 0.25) is 0 Å². The molecule has 1 heterocycles. The Morgan fingerprint density at radius 2 is 1.89 bits per heavy atom. The van der Waals surface area contributed by atoms with Gasteiger partial charge in [0, 0.05) is 23.5 Å². The summed E-state index contributed by atoms with van der Waals surface area (Å²) in [5.41, 5.74) is 8.77. The summed E-state index contributed by atoms with van der Waals surface area (Å²) in [4.78, 5) is 4.04. The molecule has 90 valence electrons. The summed E-state index contributed by atoms with van der Waals surface area (Å²) >= 11 is 0. The Morgan fingerprint density at radius 3 is 2.67 bits per heavy atom. The van der Waals surface area contributed by atoms with Crippen molar-refractivity contribution in [1.29, 1.82) is 0 Å². The summed E-state index contributed by atoms with van der Waals surface area (Å²) in [6.07, 6.45) is 5.54. The smallest absolute Gasteiger partial charge is 0.0432 e. The minimum Gasteiger partial charge on any atom is -0.330 e. The molecule has 0 aliphatic heterocycles. The maximum atomic E-state index is 5.51. The van der Waals surface area contributed by atoms with Crippen LogP contribution in [-0.2, 0) is 6.42 Å². The van der Waals surface area contributed by atoms with Crippen molar-refractivity contribution in [2.45, 2.75) is 12.8 Å². The van der Waals surface area contributed by atoms with Crippen molar-refractivity contribution in [2.75, 3.05) is 6.54 Å². The van der Waals surface area contributed by atoms with E-state index in [1.807, 2.05) is 24.3 Å². The number of nitrogens with two attached hydrogens (primary N) is 1. The Bertz CT molecular complexity index is 550. The van der Waals surface area contributed by atoms with E-state index < -0.39 is 0 Å². The lowest BCUT2D eigenvalue weighted by Crippen LogP contribution is -2.00. The average molecular weight is 236 g/mol. The third kappa shape index (κ3) is 3.73. The lowest BCUT2D eigenvalue weighted by molar-refractivity contribution is 0.832. The van der Waals surface area contributed by atoms with E-state index in [4.69, 9.17) is 5.73 Å². The molecule has 2 nitrogen and oxygen atoms in total. The monoisotopic (exact) mass is 236 g/mol. The molecule has 0 bridgehead atoms. The number of aromatic nitrogens is 1. The predicted octanol–water partition coefficient (Wildman–Crippen LogP) is 2.37. The van der Waals surface area contributed by atoms with Gasteiger partial charge in [-0.2, -0.15) is 0 Å². The van der Waals surface area contributed by atoms with E-state index in [2.05, 4.69) is 29.0 Å². The highest BCUT2D eigenvalue weighted by Gasteiger charge is 1.93. The summed E-state index contributed by atoms with van der Waals surface area (Å²) in [5.74, 6) is 6.26. The Labute approximate surface area is 108 Å². The first-order chi connectivity index (χ1) is 8.88. The fourth-order valence-electron chi connectivity index (χ4n) is 1.69. The quantitative estimate of drug-likeness (QED) is 0.831. The molecule has 2 heteroatoms. The van der Waals surface area contributed by atoms with Gasteiger partial charge in [-0.1, -0.05) is 24.0 Å². The normalized spacial score (nSPS) is 9.61. The van der Waals surface area contributed by atoms with Crippen molar-refractivity contribution >= 4 is 0 Å². The van der Waals surface area contributed by atoms with Gasteiger partial charge in [-0.05, 0) is 49.2 Å². The van der Waals surface area contributed by atoms with Crippen molar-refractivity contribution < 1.29 is 0 Å². The van der Waals surface area contributed by atoms with E-state index in [0.717, 1.165) is 30.5 Å². The number of rotatable bonds is 3. The summed E-state index contributed by atoms with van der Waals surface area (Å²) < 4.78 is 0. The number of hydrogen-bond donors (Lipinski definition) is 1. The summed E-state index contributed by atoms with van der Waals surface area (Å²) in [6.45, 7) is 0.728. The molecule has 2 N–H and O–H groups in total. The Hall–Kier alpha value is -2.11. The Balaban J connectivity index is 2.12. The van der Waals surface area contributed by atoms with Gasteiger partial charge in [-0.15, -0.1) is 0 Å². The first-order valence-electron chi connectivity index (χ1n) is 6.09. The van der Waals surface area contributed by atoms with Crippen LogP contribution in [0.2, 0.25) is 0 Å². The number of nitrogens with zero attached hydrogens (tertiary/aromatic N) is 1. The molecule has 0 fully saturated rings. The van der Waals surface area contributed by atoms with Gasteiger partial charge in [0.05, 0.1) is 0 Å². The molecule has 0 atom stereocenters. The van der Waals surface area contributed by atoms with E-state index in [9.17, 15) is 0 Å². The number of benzene rings is 1. The second kappa shape index (κ2) is 6.58. The molecule has 2 rings (SSSR count). The van der Waals surface area contributed by atoms with Crippen LogP contribution in [0.4, 0.5) is 0 Å². The van der Waals surface area contributed by atoms with E-state index in [1.54, 1.807) is 12.4 Å². The SMILES string of the molecule is NCCCc1cccc(C#Cc2cccnc2)c1. The molecule has 2 aromatic rings. The molecule has 18 heavy (non-hydrogen) atoms. The van der Waals surface area contributed by atoms with Gasteiger partial charge < -0.3 is 5.73 Å². The number of aryl methyl sites for hydroxylation is 1. The van der Waals surface area contributed by atoms with Crippen LogP contribution >= 0.6 is 0 Å². The zero-order valence-corrected chi connectivity index (χ0v) is 10.3. The average Bonchev–Trinajstić information content (AvgIpc) is 2.44. The molecule has 1 aromatic carbocycles. The summed E-state index contributed by atoms with van der Waals surface area (Å²) in [7, 11) is 0. The summed E-state index contributed by atoms with van der Waals surface area (Å²) in [6, 6.07) is 12.2. The van der Waals surface area contributed by atoms with Crippen molar-refractivity contribution in [3.63, 3.8) is 0 Å². The molecule has 0 radical (unpaired) electrons. The predicted molar refractivity (Wildman–Crippen MR) is 74.0 cm³/mol. The van der Waals surface area contributed by atoms with Gasteiger partial charge in [0.25, 0.3) is 0 Å². The summed E-state index contributed by atoms with van der Waals surface area (Å²) in [5, 5.41) is 0. The topological polar surface area (TPSA) is 38.9 Å². The highest BCUT2D eigenvalue weighted by molar-refractivity contribution is 5.42. The molecule has 0 unspecified atom stereocenters. The molecule has 0 saturated heterocycles. The zero-order valence-electron chi connectivity index (χ0n) is 10.3. The molecule has 0 saturated carbocycles. The fraction of sp³-hybridized carbons (Fsp3) is 0.188. The van der Waals surface area contributed by atoms with E-state index in [1.165, 1.54) is 5.56 Å². The third-order valence-electron chi connectivity index (χ3n) is 2.61. The van der Waals surface area contributed by atoms with Crippen LogP contribution in [0.3, 0.4) is 0 Å². The maximum Gasteiger partial charge on any atom is 0.0432 e. The molecule has 0 aliphatic carbocycles. The largest absolute Gasteiger partial charge is 0.330 e. The molecule has 0 aliphatic rings.